The second-order valence-electron chi connectivity index (χ2n) is 4.84. The first-order valence-electron chi connectivity index (χ1n) is 6.40. The number of carbonyl (C=O) groups excluding carboxylic acids is 1. The molecular formula is C14H20N2O2. The Morgan fingerprint density at radius 1 is 1.39 bits per heavy atom. The summed E-state index contributed by atoms with van der Waals surface area (Å²) in [6.07, 6.45) is 0.481. The van der Waals surface area contributed by atoms with Crippen LogP contribution in [0.4, 0.5) is 0 Å². The maximum absolute atomic E-state index is 12.2. The van der Waals surface area contributed by atoms with Gasteiger partial charge in [-0.05, 0) is 18.9 Å². The van der Waals surface area contributed by atoms with Crippen molar-refractivity contribution in [3.8, 4) is 0 Å². The molecule has 1 saturated heterocycles. The van der Waals surface area contributed by atoms with Crippen LogP contribution < -0.4 is 5.32 Å². The molecule has 2 unspecified atom stereocenters. The van der Waals surface area contributed by atoms with Gasteiger partial charge in [-0.15, -0.1) is 0 Å². The van der Waals surface area contributed by atoms with Gasteiger partial charge in [-0.25, -0.2) is 0 Å². The number of amides is 1. The highest BCUT2D eigenvalue weighted by Crippen LogP contribution is 2.13. The van der Waals surface area contributed by atoms with Crippen LogP contribution in [0.2, 0.25) is 0 Å². The van der Waals surface area contributed by atoms with Crippen molar-refractivity contribution in [3.05, 3.63) is 35.9 Å². The van der Waals surface area contributed by atoms with Crippen LogP contribution in [0.3, 0.4) is 0 Å². The van der Waals surface area contributed by atoms with Gasteiger partial charge in [0.2, 0.25) is 5.91 Å². The van der Waals surface area contributed by atoms with Crippen molar-refractivity contribution < 1.29 is 9.90 Å². The predicted octanol–water partition coefficient (Wildman–Crippen LogP) is 0.758. The minimum absolute atomic E-state index is 0.0370. The fourth-order valence-electron chi connectivity index (χ4n) is 2.39. The van der Waals surface area contributed by atoms with Gasteiger partial charge < -0.3 is 15.3 Å². The molecule has 0 spiro atoms. The largest absolute Gasteiger partial charge is 0.396 e. The third-order valence-electron chi connectivity index (χ3n) is 3.22. The quantitative estimate of drug-likeness (QED) is 0.827. The highest BCUT2D eigenvalue weighted by Gasteiger charge is 2.31. The summed E-state index contributed by atoms with van der Waals surface area (Å²) in [6.45, 7) is 3.47. The Balaban J connectivity index is 2.04. The van der Waals surface area contributed by atoms with Crippen LogP contribution >= 0.6 is 0 Å². The fraction of sp³-hybridized carbons (Fsp3) is 0.500. The summed E-state index contributed by atoms with van der Waals surface area (Å²) in [5.41, 5.74) is 1.14. The molecule has 98 valence electrons. The maximum atomic E-state index is 12.2. The van der Waals surface area contributed by atoms with E-state index in [0.29, 0.717) is 13.0 Å². The Bertz CT molecular complexity index is 394. The van der Waals surface area contributed by atoms with Crippen LogP contribution in [0.5, 0.6) is 0 Å². The molecular weight excluding hydrogens is 228 g/mol. The van der Waals surface area contributed by atoms with Gasteiger partial charge in [0.15, 0.2) is 0 Å². The molecule has 4 nitrogen and oxygen atoms in total. The van der Waals surface area contributed by atoms with E-state index >= 15 is 0 Å². The van der Waals surface area contributed by atoms with E-state index in [0.717, 1.165) is 12.1 Å². The van der Waals surface area contributed by atoms with E-state index in [4.69, 9.17) is 5.11 Å². The maximum Gasteiger partial charge on any atom is 0.240 e. The molecule has 1 aromatic carbocycles. The normalized spacial score (nSPS) is 24.3. The first-order valence-corrected chi connectivity index (χ1v) is 6.40. The van der Waals surface area contributed by atoms with Crippen molar-refractivity contribution in [2.24, 2.45) is 0 Å². The summed E-state index contributed by atoms with van der Waals surface area (Å²) in [4.78, 5) is 14.1. The first kappa shape index (κ1) is 13.1. The first-order chi connectivity index (χ1) is 8.70. The van der Waals surface area contributed by atoms with Gasteiger partial charge in [0, 0.05) is 25.7 Å². The number of nitrogens with zero attached hydrogens (tertiary/aromatic N) is 1. The number of rotatable bonds is 4. The second-order valence-corrected chi connectivity index (χ2v) is 4.84. The van der Waals surface area contributed by atoms with Crippen molar-refractivity contribution in [1.82, 2.24) is 10.2 Å². The number of benzene rings is 1. The van der Waals surface area contributed by atoms with Crippen molar-refractivity contribution >= 4 is 5.91 Å². The lowest BCUT2D eigenvalue weighted by molar-refractivity contribution is -0.138. The fourth-order valence-corrected chi connectivity index (χ4v) is 2.39. The Morgan fingerprint density at radius 2 is 2.11 bits per heavy atom. The summed E-state index contributed by atoms with van der Waals surface area (Å²) in [5.74, 6) is 0.0889. The average Bonchev–Trinajstić information content (AvgIpc) is 2.36. The van der Waals surface area contributed by atoms with Gasteiger partial charge in [-0.2, -0.15) is 0 Å². The van der Waals surface area contributed by atoms with Crippen LogP contribution in [0.15, 0.2) is 30.3 Å². The summed E-state index contributed by atoms with van der Waals surface area (Å²) < 4.78 is 0. The van der Waals surface area contributed by atoms with E-state index in [1.807, 2.05) is 35.2 Å². The lowest BCUT2D eigenvalue weighted by Gasteiger charge is -2.37. The van der Waals surface area contributed by atoms with Gasteiger partial charge in [-0.3, -0.25) is 4.79 Å². The SMILES string of the molecule is CC1CN(Cc2ccccc2)C(=O)C(CCO)N1. The van der Waals surface area contributed by atoms with Crippen LogP contribution in [-0.2, 0) is 11.3 Å². The third-order valence-corrected chi connectivity index (χ3v) is 3.22. The average molecular weight is 248 g/mol. The Labute approximate surface area is 108 Å². The van der Waals surface area contributed by atoms with Crippen LogP contribution in [-0.4, -0.2) is 41.1 Å². The zero-order chi connectivity index (χ0) is 13.0. The molecule has 2 rings (SSSR count). The Morgan fingerprint density at radius 3 is 2.78 bits per heavy atom. The van der Waals surface area contributed by atoms with Crippen LogP contribution in [0.1, 0.15) is 18.9 Å². The summed E-state index contributed by atoms with van der Waals surface area (Å²) in [7, 11) is 0. The highest BCUT2D eigenvalue weighted by atomic mass is 16.3. The number of piperazine rings is 1. The minimum atomic E-state index is -0.248. The second kappa shape index (κ2) is 5.98. The lowest BCUT2D eigenvalue weighted by atomic mass is 10.1. The van der Waals surface area contributed by atoms with E-state index in [1.54, 1.807) is 0 Å². The van der Waals surface area contributed by atoms with Gasteiger partial charge in [-0.1, -0.05) is 30.3 Å². The summed E-state index contributed by atoms with van der Waals surface area (Å²) >= 11 is 0. The molecule has 1 aromatic rings. The molecule has 1 heterocycles. The summed E-state index contributed by atoms with van der Waals surface area (Å²) in [6, 6.07) is 10.0. The molecule has 1 fully saturated rings. The molecule has 0 bridgehead atoms. The van der Waals surface area contributed by atoms with Gasteiger partial charge in [0.1, 0.15) is 0 Å². The molecule has 0 saturated carbocycles. The number of nitrogens with one attached hydrogen (secondary N) is 1. The van der Waals surface area contributed by atoms with Gasteiger partial charge in [0.25, 0.3) is 0 Å². The van der Waals surface area contributed by atoms with E-state index in [-0.39, 0.29) is 24.6 Å². The number of hydrogen-bond acceptors (Lipinski definition) is 3. The lowest BCUT2D eigenvalue weighted by Crippen LogP contribution is -2.58. The standard InChI is InChI=1S/C14H20N2O2/c1-11-9-16(10-12-5-3-2-4-6-12)14(18)13(15-11)7-8-17/h2-6,11,13,15,17H,7-10H2,1H3. The number of hydrogen-bond donors (Lipinski definition) is 2. The zero-order valence-electron chi connectivity index (χ0n) is 10.7. The molecule has 0 aliphatic carbocycles. The van der Waals surface area contributed by atoms with Crippen LogP contribution in [0, 0.1) is 0 Å². The molecule has 4 heteroatoms. The molecule has 1 aliphatic rings. The molecule has 2 atom stereocenters. The van der Waals surface area contributed by atoms with Crippen molar-refractivity contribution in [1.29, 1.82) is 0 Å². The van der Waals surface area contributed by atoms with Crippen molar-refractivity contribution in [2.75, 3.05) is 13.2 Å². The Hall–Kier alpha value is -1.39. The molecule has 2 N–H and O–H groups in total. The molecule has 0 aromatic heterocycles. The smallest absolute Gasteiger partial charge is 0.240 e. The number of aliphatic hydroxyl groups excluding tert-OH is 1. The van der Waals surface area contributed by atoms with E-state index in [1.165, 1.54) is 0 Å². The minimum Gasteiger partial charge on any atom is -0.396 e. The summed E-state index contributed by atoms with van der Waals surface area (Å²) in [5, 5.41) is 12.2. The monoisotopic (exact) mass is 248 g/mol. The van der Waals surface area contributed by atoms with E-state index in [9.17, 15) is 4.79 Å². The van der Waals surface area contributed by atoms with Crippen molar-refractivity contribution in [2.45, 2.75) is 32.0 Å². The topological polar surface area (TPSA) is 52.6 Å². The van der Waals surface area contributed by atoms with Gasteiger partial charge in [0.05, 0.1) is 6.04 Å². The van der Waals surface area contributed by atoms with E-state index < -0.39 is 0 Å². The highest BCUT2D eigenvalue weighted by molar-refractivity contribution is 5.82. The molecule has 1 aliphatic heterocycles. The third kappa shape index (κ3) is 3.09. The zero-order valence-corrected chi connectivity index (χ0v) is 10.7. The Kier molecular flexibility index (Phi) is 4.33. The molecule has 18 heavy (non-hydrogen) atoms. The predicted molar refractivity (Wildman–Crippen MR) is 69.9 cm³/mol. The molecule has 1 amide bonds. The molecule has 0 radical (unpaired) electrons. The number of carbonyl (C=O) groups is 1. The number of aliphatic hydroxyl groups is 1. The van der Waals surface area contributed by atoms with Crippen molar-refractivity contribution in [3.63, 3.8) is 0 Å². The van der Waals surface area contributed by atoms with Crippen LogP contribution in [0.25, 0.3) is 0 Å². The van der Waals surface area contributed by atoms with Gasteiger partial charge >= 0.3 is 0 Å². The van der Waals surface area contributed by atoms with E-state index in [2.05, 4.69) is 12.2 Å².